The molecule has 4 rings (SSSR count). The summed E-state index contributed by atoms with van der Waals surface area (Å²) in [7, 11) is 1.52. The number of hydrogen-bond donors (Lipinski definition) is 1. The van der Waals surface area contributed by atoms with Gasteiger partial charge in [-0.05, 0) is 50.2 Å². The zero-order valence-corrected chi connectivity index (χ0v) is 18.0. The molecule has 0 bridgehead atoms. The number of hydrogen-bond acceptors (Lipinski definition) is 6. The first-order valence-corrected chi connectivity index (χ1v) is 10.2. The van der Waals surface area contributed by atoms with Gasteiger partial charge in [0.1, 0.15) is 34.8 Å². The average Bonchev–Trinajstić information content (AvgIpc) is 3.34. The molecule has 164 valence electrons. The Balaban J connectivity index is 1.91. The smallest absolute Gasteiger partial charge is 0.300 e. The Morgan fingerprint density at radius 1 is 1.06 bits per heavy atom. The van der Waals surface area contributed by atoms with E-state index in [1.54, 1.807) is 67.6 Å². The van der Waals surface area contributed by atoms with E-state index in [-0.39, 0.29) is 11.3 Å². The number of anilines is 1. The van der Waals surface area contributed by atoms with Gasteiger partial charge in [-0.2, -0.15) is 0 Å². The maximum atomic E-state index is 13.1. The fourth-order valence-corrected chi connectivity index (χ4v) is 3.78. The molecule has 1 aromatic heterocycles. The Hall–Kier alpha value is -4.00. The second kappa shape index (κ2) is 8.63. The van der Waals surface area contributed by atoms with E-state index in [4.69, 9.17) is 13.9 Å². The minimum absolute atomic E-state index is 0.0548. The second-order valence-electron chi connectivity index (χ2n) is 7.28. The summed E-state index contributed by atoms with van der Waals surface area (Å²) in [6.07, 6.45) is 0. The van der Waals surface area contributed by atoms with Crippen LogP contribution >= 0.6 is 0 Å². The van der Waals surface area contributed by atoms with Gasteiger partial charge in [-0.15, -0.1) is 0 Å². The number of amides is 1. The van der Waals surface area contributed by atoms with E-state index in [1.807, 2.05) is 6.92 Å². The molecule has 1 atom stereocenters. The van der Waals surface area contributed by atoms with Crippen LogP contribution < -0.4 is 14.4 Å². The SMILES string of the molecule is CCOc1cccc(/C(O)=C2/C(=O)C(=O)N(c3cccc(OC)c3)C2c2ccc(C)o2)c1. The van der Waals surface area contributed by atoms with Crippen LogP contribution in [0.1, 0.15) is 30.0 Å². The van der Waals surface area contributed by atoms with Crippen molar-refractivity contribution >= 4 is 23.1 Å². The van der Waals surface area contributed by atoms with Gasteiger partial charge in [0.25, 0.3) is 11.7 Å². The van der Waals surface area contributed by atoms with Gasteiger partial charge in [0.2, 0.25) is 0 Å². The Labute approximate surface area is 185 Å². The molecule has 1 fully saturated rings. The standard InChI is InChI=1S/C25H23NO6/c1-4-31-19-10-5-7-16(13-19)23(27)21-22(20-12-11-15(2)32-20)26(25(29)24(21)28)17-8-6-9-18(14-17)30-3/h5-14,22,27H,4H2,1-3H3/b23-21-. The van der Waals surface area contributed by atoms with Gasteiger partial charge in [-0.25, -0.2) is 0 Å². The number of Topliss-reactive ketones (excluding diaryl/α,β-unsaturated/α-hetero) is 1. The predicted octanol–water partition coefficient (Wildman–Crippen LogP) is 4.62. The van der Waals surface area contributed by atoms with Gasteiger partial charge in [0.15, 0.2) is 0 Å². The number of aliphatic hydroxyl groups excluding tert-OH is 1. The largest absolute Gasteiger partial charge is 0.507 e. The lowest BCUT2D eigenvalue weighted by Gasteiger charge is -2.23. The summed E-state index contributed by atoms with van der Waals surface area (Å²) >= 11 is 0. The lowest BCUT2D eigenvalue weighted by atomic mass is 9.99. The predicted molar refractivity (Wildman–Crippen MR) is 119 cm³/mol. The molecule has 1 amide bonds. The fourth-order valence-electron chi connectivity index (χ4n) is 3.78. The number of aryl methyl sites for hydroxylation is 1. The van der Waals surface area contributed by atoms with Gasteiger partial charge < -0.3 is 19.0 Å². The van der Waals surface area contributed by atoms with Crippen LogP contribution in [0.2, 0.25) is 0 Å². The van der Waals surface area contributed by atoms with Crippen LogP contribution in [0.4, 0.5) is 5.69 Å². The van der Waals surface area contributed by atoms with E-state index in [2.05, 4.69) is 0 Å². The van der Waals surface area contributed by atoms with Crippen LogP contribution in [0.25, 0.3) is 5.76 Å². The number of carbonyl (C=O) groups is 2. The Morgan fingerprint density at radius 3 is 2.50 bits per heavy atom. The molecule has 3 aromatic rings. The molecular weight excluding hydrogens is 410 g/mol. The zero-order chi connectivity index (χ0) is 22.8. The highest BCUT2D eigenvalue weighted by molar-refractivity contribution is 6.51. The van der Waals surface area contributed by atoms with Crippen molar-refractivity contribution in [3.05, 3.63) is 83.3 Å². The van der Waals surface area contributed by atoms with Gasteiger partial charge in [0.05, 0.1) is 19.3 Å². The molecule has 1 aliphatic rings. The zero-order valence-electron chi connectivity index (χ0n) is 18.0. The van der Waals surface area contributed by atoms with Crippen molar-refractivity contribution < 1.29 is 28.6 Å². The highest BCUT2D eigenvalue weighted by Crippen LogP contribution is 2.43. The van der Waals surface area contributed by atoms with Crippen molar-refractivity contribution in [3.8, 4) is 11.5 Å². The summed E-state index contributed by atoms with van der Waals surface area (Å²) in [5.74, 6) is 0.203. The lowest BCUT2D eigenvalue weighted by molar-refractivity contribution is -0.132. The molecule has 0 aliphatic carbocycles. The van der Waals surface area contributed by atoms with Gasteiger partial charge in [-0.1, -0.05) is 18.2 Å². The normalized spacial score (nSPS) is 17.6. The number of benzene rings is 2. The van der Waals surface area contributed by atoms with Gasteiger partial charge in [-0.3, -0.25) is 14.5 Å². The van der Waals surface area contributed by atoms with Crippen LogP contribution in [0, 0.1) is 6.92 Å². The molecule has 2 aromatic carbocycles. The third kappa shape index (κ3) is 3.73. The molecule has 2 heterocycles. The van der Waals surface area contributed by atoms with E-state index < -0.39 is 17.7 Å². The van der Waals surface area contributed by atoms with Crippen LogP contribution in [-0.4, -0.2) is 30.5 Å². The third-order valence-corrected chi connectivity index (χ3v) is 5.23. The summed E-state index contributed by atoms with van der Waals surface area (Å²) in [5.41, 5.74) is 0.765. The van der Waals surface area contributed by atoms with Crippen molar-refractivity contribution in [2.24, 2.45) is 0 Å². The molecule has 1 N–H and O–H groups in total. The fraction of sp³-hybridized carbons (Fsp3) is 0.200. The molecule has 0 saturated carbocycles. The molecule has 1 saturated heterocycles. The number of aliphatic hydroxyl groups is 1. The summed E-state index contributed by atoms with van der Waals surface area (Å²) in [5, 5.41) is 11.2. The summed E-state index contributed by atoms with van der Waals surface area (Å²) in [6, 6.07) is 16.1. The molecule has 1 aliphatic heterocycles. The number of furan rings is 1. The first-order chi connectivity index (χ1) is 15.4. The minimum atomic E-state index is -0.938. The molecule has 0 radical (unpaired) electrons. The third-order valence-electron chi connectivity index (χ3n) is 5.23. The number of rotatable bonds is 6. The maximum Gasteiger partial charge on any atom is 0.300 e. The second-order valence-corrected chi connectivity index (χ2v) is 7.28. The quantitative estimate of drug-likeness (QED) is 0.347. The molecule has 0 spiro atoms. The minimum Gasteiger partial charge on any atom is -0.507 e. The number of ether oxygens (including phenoxy) is 2. The van der Waals surface area contributed by atoms with Crippen molar-refractivity contribution in [1.82, 2.24) is 0 Å². The molecule has 7 heteroatoms. The molecular formula is C25H23NO6. The first-order valence-electron chi connectivity index (χ1n) is 10.2. The van der Waals surface area contributed by atoms with Gasteiger partial charge in [0, 0.05) is 17.3 Å². The van der Waals surface area contributed by atoms with Crippen molar-refractivity contribution in [1.29, 1.82) is 0 Å². The highest BCUT2D eigenvalue weighted by atomic mass is 16.5. The van der Waals surface area contributed by atoms with E-state index in [0.717, 1.165) is 0 Å². The van der Waals surface area contributed by atoms with Crippen LogP contribution in [0.15, 0.2) is 70.7 Å². The van der Waals surface area contributed by atoms with Crippen molar-refractivity contribution in [2.45, 2.75) is 19.9 Å². The Bertz CT molecular complexity index is 1210. The number of methoxy groups -OCH3 is 1. The van der Waals surface area contributed by atoms with Gasteiger partial charge >= 0.3 is 0 Å². The van der Waals surface area contributed by atoms with E-state index in [0.29, 0.717) is 40.9 Å². The van der Waals surface area contributed by atoms with Crippen molar-refractivity contribution in [2.75, 3.05) is 18.6 Å². The topological polar surface area (TPSA) is 89.2 Å². The average molecular weight is 433 g/mol. The monoisotopic (exact) mass is 433 g/mol. The summed E-state index contributed by atoms with van der Waals surface area (Å²) in [6.45, 7) is 4.08. The van der Waals surface area contributed by atoms with Crippen LogP contribution in [0.3, 0.4) is 0 Å². The van der Waals surface area contributed by atoms with E-state index in [9.17, 15) is 14.7 Å². The van der Waals surface area contributed by atoms with Crippen molar-refractivity contribution in [3.63, 3.8) is 0 Å². The van der Waals surface area contributed by atoms with Crippen LogP contribution in [-0.2, 0) is 9.59 Å². The molecule has 32 heavy (non-hydrogen) atoms. The Morgan fingerprint density at radius 2 is 1.81 bits per heavy atom. The Kier molecular flexibility index (Phi) is 5.73. The van der Waals surface area contributed by atoms with E-state index >= 15 is 0 Å². The molecule has 7 nitrogen and oxygen atoms in total. The summed E-state index contributed by atoms with van der Waals surface area (Å²) < 4.78 is 16.6. The number of carbonyl (C=O) groups excluding carboxylic acids is 2. The number of nitrogens with zero attached hydrogens (tertiary/aromatic N) is 1. The summed E-state index contributed by atoms with van der Waals surface area (Å²) in [4.78, 5) is 27.6. The van der Waals surface area contributed by atoms with Crippen LogP contribution in [0.5, 0.6) is 11.5 Å². The van der Waals surface area contributed by atoms with E-state index in [1.165, 1.54) is 12.0 Å². The first kappa shape index (κ1) is 21.2. The highest BCUT2D eigenvalue weighted by Gasteiger charge is 2.48. The lowest BCUT2D eigenvalue weighted by Crippen LogP contribution is -2.29. The maximum absolute atomic E-state index is 13.1. The number of ketones is 1. The molecule has 1 unspecified atom stereocenters.